The van der Waals surface area contributed by atoms with Gasteiger partial charge >= 0.3 is 5.69 Å². The molecule has 11 heteroatoms. The lowest BCUT2D eigenvalue weighted by molar-refractivity contribution is -0.394. The molecule has 128 valence electrons. The number of phenolic OH excluding ortho intramolecular Hbond substituents is 2. The Morgan fingerprint density at radius 2 is 1.84 bits per heavy atom. The van der Waals surface area contributed by atoms with Gasteiger partial charge in [0.2, 0.25) is 5.75 Å². The molecule has 0 spiro atoms. The molecular formula is C14H10N4O7. The van der Waals surface area contributed by atoms with Gasteiger partial charge in [-0.25, -0.2) is 5.43 Å². The maximum atomic E-state index is 12.0. The van der Waals surface area contributed by atoms with E-state index in [1.54, 1.807) is 6.07 Å². The van der Waals surface area contributed by atoms with Crippen molar-refractivity contribution in [1.29, 1.82) is 0 Å². The van der Waals surface area contributed by atoms with E-state index in [9.17, 15) is 35.2 Å². The molecule has 2 aromatic rings. The minimum Gasteiger partial charge on any atom is -0.508 e. The van der Waals surface area contributed by atoms with E-state index >= 15 is 0 Å². The lowest BCUT2D eigenvalue weighted by atomic mass is 10.1. The number of hydrazone groups is 1. The number of nitro groups is 2. The molecule has 3 N–H and O–H groups in total. The van der Waals surface area contributed by atoms with E-state index in [2.05, 4.69) is 5.10 Å². The molecule has 0 unspecified atom stereocenters. The van der Waals surface area contributed by atoms with Crippen LogP contribution in [0, 0.1) is 20.2 Å². The first-order valence-electron chi connectivity index (χ1n) is 6.58. The smallest absolute Gasteiger partial charge is 0.318 e. The van der Waals surface area contributed by atoms with Crippen LogP contribution in [0.25, 0.3) is 0 Å². The van der Waals surface area contributed by atoms with Crippen LogP contribution in [0.4, 0.5) is 11.4 Å². The molecule has 11 nitrogen and oxygen atoms in total. The molecule has 0 saturated heterocycles. The molecular weight excluding hydrogens is 336 g/mol. The van der Waals surface area contributed by atoms with Crippen LogP contribution in [0.3, 0.4) is 0 Å². The Balaban J connectivity index is 2.29. The first-order valence-corrected chi connectivity index (χ1v) is 6.58. The number of nitro benzene ring substituents is 2. The number of phenols is 2. The lowest BCUT2D eigenvalue weighted by Gasteiger charge is -2.04. The predicted molar refractivity (Wildman–Crippen MR) is 84.6 cm³/mol. The first kappa shape index (κ1) is 17.3. The average Bonchev–Trinajstić information content (AvgIpc) is 2.54. The van der Waals surface area contributed by atoms with Gasteiger partial charge in [-0.2, -0.15) is 5.10 Å². The molecule has 0 fully saturated rings. The van der Waals surface area contributed by atoms with Crippen molar-refractivity contribution in [2.45, 2.75) is 0 Å². The molecule has 0 bridgehead atoms. The van der Waals surface area contributed by atoms with Gasteiger partial charge in [0.25, 0.3) is 11.6 Å². The minimum atomic E-state index is -1.08. The van der Waals surface area contributed by atoms with E-state index in [-0.39, 0.29) is 5.75 Å². The summed E-state index contributed by atoms with van der Waals surface area (Å²) in [5, 5.41) is 44.3. The maximum Gasteiger partial charge on any atom is 0.318 e. The van der Waals surface area contributed by atoms with Crippen molar-refractivity contribution >= 4 is 23.5 Å². The summed E-state index contributed by atoms with van der Waals surface area (Å²) in [6, 6.07) is 7.13. The van der Waals surface area contributed by atoms with Gasteiger partial charge in [0.1, 0.15) is 5.75 Å². The molecule has 0 aliphatic heterocycles. The highest BCUT2D eigenvalue weighted by Crippen LogP contribution is 2.34. The van der Waals surface area contributed by atoms with Crippen LogP contribution in [0.1, 0.15) is 15.9 Å². The number of amides is 1. The van der Waals surface area contributed by atoms with Crippen LogP contribution >= 0.6 is 0 Å². The zero-order chi connectivity index (χ0) is 18.6. The summed E-state index contributed by atoms with van der Waals surface area (Å²) in [6.45, 7) is 0. The van der Waals surface area contributed by atoms with Gasteiger partial charge in [-0.05, 0) is 17.7 Å². The molecule has 0 radical (unpaired) electrons. The molecule has 0 aliphatic carbocycles. The van der Waals surface area contributed by atoms with Crippen LogP contribution in [-0.2, 0) is 0 Å². The number of carbonyl (C=O) groups is 1. The molecule has 0 aromatic heterocycles. The SMILES string of the molecule is O=C(NN=Cc1cccc(O)c1)c1cc([N+](=O)[O-])cc([N+](=O)[O-])c1O. The fourth-order valence-electron chi connectivity index (χ4n) is 1.85. The van der Waals surface area contributed by atoms with Crippen molar-refractivity contribution in [3.05, 3.63) is 67.8 Å². The largest absolute Gasteiger partial charge is 0.508 e. The van der Waals surface area contributed by atoms with Gasteiger partial charge in [0, 0.05) is 6.07 Å². The average molecular weight is 346 g/mol. The van der Waals surface area contributed by atoms with Gasteiger partial charge in [0.05, 0.1) is 27.7 Å². The number of aromatic hydroxyl groups is 2. The Hall–Kier alpha value is -4.02. The number of benzene rings is 2. The van der Waals surface area contributed by atoms with Crippen LogP contribution in [0.5, 0.6) is 11.5 Å². The lowest BCUT2D eigenvalue weighted by Crippen LogP contribution is -2.18. The van der Waals surface area contributed by atoms with Crippen LogP contribution in [-0.4, -0.2) is 32.2 Å². The third-order valence-electron chi connectivity index (χ3n) is 2.98. The van der Waals surface area contributed by atoms with Gasteiger partial charge < -0.3 is 10.2 Å². The van der Waals surface area contributed by atoms with E-state index in [1.165, 1.54) is 24.4 Å². The highest BCUT2D eigenvalue weighted by molar-refractivity contribution is 5.99. The van der Waals surface area contributed by atoms with Crippen LogP contribution < -0.4 is 5.43 Å². The number of non-ortho nitro benzene ring substituents is 1. The topological polar surface area (TPSA) is 168 Å². The summed E-state index contributed by atoms with van der Waals surface area (Å²) in [7, 11) is 0. The summed E-state index contributed by atoms with van der Waals surface area (Å²) < 4.78 is 0. The zero-order valence-electron chi connectivity index (χ0n) is 12.3. The number of nitrogens with one attached hydrogen (secondary N) is 1. The first-order chi connectivity index (χ1) is 11.8. The summed E-state index contributed by atoms with van der Waals surface area (Å²) >= 11 is 0. The van der Waals surface area contributed by atoms with Crippen molar-refractivity contribution in [1.82, 2.24) is 5.43 Å². The predicted octanol–water partition coefficient (Wildman–Crippen LogP) is 1.68. The standard InChI is InChI=1S/C14H10N4O7/c19-10-3-1-2-8(4-10)7-15-16-14(21)11-5-9(17(22)23)6-12(13(11)20)18(24)25/h1-7,19-20H,(H,16,21). The fraction of sp³-hybridized carbons (Fsp3) is 0. The molecule has 2 aromatic carbocycles. The monoisotopic (exact) mass is 346 g/mol. The van der Waals surface area contributed by atoms with Crippen molar-refractivity contribution < 1.29 is 24.9 Å². The number of rotatable bonds is 5. The summed E-state index contributed by atoms with van der Waals surface area (Å²) in [6.07, 6.45) is 1.17. The van der Waals surface area contributed by atoms with Gasteiger partial charge in [0.15, 0.2) is 0 Å². The Kier molecular flexibility index (Phi) is 4.88. The second-order valence-corrected chi connectivity index (χ2v) is 4.67. The second kappa shape index (κ2) is 7.04. The normalized spacial score (nSPS) is 10.6. The third kappa shape index (κ3) is 4.04. The highest BCUT2D eigenvalue weighted by atomic mass is 16.6. The molecule has 25 heavy (non-hydrogen) atoms. The summed E-state index contributed by atoms with van der Waals surface area (Å²) in [4.78, 5) is 31.7. The van der Waals surface area contributed by atoms with E-state index in [0.717, 1.165) is 0 Å². The van der Waals surface area contributed by atoms with E-state index in [4.69, 9.17) is 0 Å². The molecule has 0 aliphatic rings. The Morgan fingerprint density at radius 1 is 1.12 bits per heavy atom. The van der Waals surface area contributed by atoms with Gasteiger partial charge in [-0.15, -0.1) is 0 Å². The number of hydrogen-bond acceptors (Lipinski definition) is 8. The Morgan fingerprint density at radius 3 is 2.44 bits per heavy atom. The van der Waals surface area contributed by atoms with Gasteiger partial charge in [-0.3, -0.25) is 25.0 Å². The van der Waals surface area contributed by atoms with Crippen molar-refractivity contribution in [3.63, 3.8) is 0 Å². The fourth-order valence-corrected chi connectivity index (χ4v) is 1.85. The number of carbonyl (C=O) groups excluding carboxylic acids is 1. The number of nitrogens with zero attached hydrogens (tertiary/aromatic N) is 3. The molecule has 2 rings (SSSR count). The van der Waals surface area contributed by atoms with Crippen LogP contribution in [0.15, 0.2) is 41.5 Å². The maximum absolute atomic E-state index is 12.0. The van der Waals surface area contributed by atoms with E-state index in [1.807, 2.05) is 5.43 Å². The number of hydrogen-bond donors (Lipinski definition) is 3. The zero-order valence-corrected chi connectivity index (χ0v) is 12.3. The van der Waals surface area contributed by atoms with Crippen LogP contribution in [0.2, 0.25) is 0 Å². The summed E-state index contributed by atoms with van der Waals surface area (Å²) in [5.74, 6) is -2.12. The quantitative estimate of drug-likeness (QED) is 0.420. The molecule has 1 amide bonds. The third-order valence-corrected chi connectivity index (χ3v) is 2.98. The second-order valence-electron chi connectivity index (χ2n) is 4.67. The van der Waals surface area contributed by atoms with Gasteiger partial charge in [-0.1, -0.05) is 12.1 Å². The summed E-state index contributed by atoms with van der Waals surface area (Å²) in [5.41, 5.74) is 0.0452. The highest BCUT2D eigenvalue weighted by Gasteiger charge is 2.27. The van der Waals surface area contributed by atoms with Crippen molar-refractivity contribution in [3.8, 4) is 11.5 Å². The van der Waals surface area contributed by atoms with Crippen molar-refractivity contribution in [2.75, 3.05) is 0 Å². The Labute approximate surface area is 139 Å². The van der Waals surface area contributed by atoms with E-state index < -0.39 is 38.4 Å². The Bertz CT molecular complexity index is 895. The van der Waals surface area contributed by atoms with Crippen molar-refractivity contribution in [2.24, 2.45) is 5.10 Å². The molecule has 0 atom stereocenters. The minimum absolute atomic E-state index is 0.0257. The van der Waals surface area contributed by atoms with E-state index in [0.29, 0.717) is 17.7 Å². The molecule has 0 saturated carbocycles. The molecule has 0 heterocycles.